The number of hydrogen-bond donors (Lipinski definition) is 0. The molecule has 0 atom stereocenters. The van der Waals surface area contributed by atoms with Crippen molar-refractivity contribution in [2.75, 3.05) is 0 Å². The third kappa shape index (κ3) is 7.68. The maximum atomic E-state index is 6.17. The first-order valence-electron chi connectivity index (χ1n) is 11.4. The number of aryl methyl sites for hydroxylation is 1. The van der Waals surface area contributed by atoms with Gasteiger partial charge in [0.15, 0.2) is 0 Å². The maximum Gasteiger partial charge on any atom is 0.125 e. The molecule has 30 heavy (non-hydrogen) atoms. The molecule has 3 nitrogen and oxygen atoms in total. The van der Waals surface area contributed by atoms with Crippen molar-refractivity contribution in [3.05, 3.63) is 47.5 Å². The molecule has 0 heterocycles. The van der Waals surface area contributed by atoms with Gasteiger partial charge in [0.1, 0.15) is 11.5 Å². The molecule has 2 rings (SSSR count). The van der Waals surface area contributed by atoms with Crippen LogP contribution in [0.15, 0.2) is 36.4 Å². The SMILES string of the molecule is CC(C)CCc1ccc(-c2ccc(COC(C)C)c(OC(C)C)c2)cc1OC(C)C. The van der Waals surface area contributed by atoms with Crippen LogP contribution in [-0.4, -0.2) is 18.3 Å². The molecule has 0 saturated carbocycles. The Morgan fingerprint density at radius 1 is 0.633 bits per heavy atom. The summed E-state index contributed by atoms with van der Waals surface area (Å²) in [4.78, 5) is 0. The first-order valence-corrected chi connectivity index (χ1v) is 11.4. The van der Waals surface area contributed by atoms with Crippen molar-refractivity contribution in [2.24, 2.45) is 5.92 Å². The van der Waals surface area contributed by atoms with Crippen molar-refractivity contribution < 1.29 is 14.2 Å². The molecule has 0 radical (unpaired) electrons. The zero-order valence-electron chi connectivity index (χ0n) is 20.1. The molecule has 0 aliphatic carbocycles. The van der Waals surface area contributed by atoms with Crippen molar-refractivity contribution >= 4 is 0 Å². The van der Waals surface area contributed by atoms with Gasteiger partial charge in [-0.25, -0.2) is 0 Å². The Morgan fingerprint density at radius 3 is 1.60 bits per heavy atom. The Bertz CT molecular complexity index is 723. The van der Waals surface area contributed by atoms with E-state index in [0.29, 0.717) is 12.5 Å². The van der Waals surface area contributed by atoms with Crippen LogP contribution in [0.3, 0.4) is 0 Å². The molecule has 2 aromatic carbocycles. The Balaban J connectivity index is 2.38. The van der Waals surface area contributed by atoms with E-state index in [1.807, 2.05) is 0 Å². The van der Waals surface area contributed by atoms with Gasteiger partial charge < -0.3 is 14.2 Å². The first kappa shape index (κ1) is 24.3. The molecular weight excluding hydrogens is 372 g/mol. The summed E-state index contributed by atoms with van der Waals surface area (Å²) in [6.07, 6.45) is 2.63. The fraction of sp³-hybridized carbons (Fsp3) is 0.556. The molecule has 0 aliphatic heterocycles. The number of hydrogen-bond acceptors (Lipinski definition) is 3. The van der Waals surface area contributed by atoms with Gasteiger partial charge in [-0.1, -0.05) is 38.1 Å². The van der Waals surface area contributed by atoms with E-state index in [1.54, 1.807) is 0 Å². The van der Waals surface area contributed by atoms with Gasteiger partial charge in [-0.3, -0.25) is 0 Å². The second-order valence-corrected chi connectivity index (χ2v) is 9.27. The first-order chi connectivity index (χ1) is 14.2. The molecule has 0 amide bonds. The Hall–Kier alpha value is -2.00. The van der Waals surface area contributed by atoms with Gasteiger partial charge in [0.2, 0.25) is 0 Å². The predicted octanol–water partition coefficient (Wildman–Crippen LogP) is 7.44. The van der Waals surface area contributed by atoms with E-state index >= 15 is 0 Å². The lowest BCUT2D eigenvalue weighted by atomic mass is 9.97. The Labute approximate surface area is 183 Å². The van der Waals surface area contributed by atoms with E-state index in [0.717, 1.165) is 41.0 Å². The van der Waals surface area contributed by atoms with Crippen LogP contribution in [0.2, 0.25) is 0 Å². The van der Waals surface area contributed by atoms with Gasteiger partial charge in [0.05, 0.1) is 24.9 Å². The minimum atomic E-state index is 0.108. The smallest absolute Gasteiger partial charge is 0.125 e. The molecule has 0 N–H and O–H groups in total. The monoisotopic (exact) mass is 412 g/mol. The highest BCUT2D eigenvalue weighted by Crippen LogP contribution is 2.33. The predicted molar refractivity (Wildman–Crippen MR) is 126 cm³/mol. The van der Waals surface area contributed by atoms with Crippen LogP contribution >= 0.6 is 0 Å². The minimum Gasteiger partial charge on any atom is -0.491 e. The summed E-state index contributed by atoms with van der Waals surface area (Å²) in [6.45, 7) is 17.4. The van der Waals surface area contributed by atoms with Crippen LogP contribution in [0.5, 0.6) is 11.5 Å². The highest BCUT2D eigenvalue weighted by atomic mass is 16.5. The topological polar surface area (TPSA) is 27.7 Å². The normalized spacial score (nSPS) is 11.7. The Morgan fingerprint density at radius 2 is 1.13 bits per heavy atom. The summed E-state index contributed by atoms with van der Waals surface area (Å²) in [5, 5.41) is 0. The van der Waals surface area contributed by atoms with Crippen LogP contribution in [-0.2, 0) is 17.8 Å². The maximum absolute atomic E-state index is 6.17. The molecule has 0 unspecified atom stereocenters. The van der Waals surface area contributed by atoms with E-state index in [9.17, 15) is 0 Å². The van der Waals surface area contributed by atoms with Gasteiger partial charge in [-0.15, -0.1) is 0 Å². The molecule has 3 heteroatoms. The van der Waals surface area contributed by atoms with Crippen LogP contribution in [0.25, 0.3) is 11.1 Å². The molecule has 0 aromatic heterocycles. The van der Waals surface area contributed by atoms with Gasteiger partial charge in [-0.05, 0) is 89.1 Å². The standard InChI is InChI=1S/C27H40O3/c1-18(2)9-10-22-11-12-23(15-26(22)29-20(5)6)24-13-14-25(17-28-19(3)4)27(16-24)30-21(7)8/h11-16,18-21H,9-10,17H2,1-8H3. The van der Waals surface area contributed by atoms with E-state index < -0.39 is 0 Å². The molecule has 0 bridgehead atoms. The second-order valence-electron chi connectivity index (χ2n) is 9.27. The molecule has 0 spiro atoms. The van der Waals surface area contributed by atoms with Crippen molar-refractivity contribution in [1.29, 1.82) is 0 Å². The molecular formula is C27H40O3. The number of benzene rings is 2. The van der Waals surface area contributed by atoms with Crippen molar-refractivity contribution in [1.82, 2.24) is 0 Å². The third-order valence-electron chi connectivity index (χ3n) is 4.76. The Kier molecular flexibility index (Phi) is 9.23. The van der Waals surface area contributed by atoms with Crippen LogP contribution in [0.4, 0.5) is 0 Å². The van der Waals surface area contributed by atoms with E-state index in [-0.39, 0.29) is 18.3 Å². The third-order valence-corrected chi connectivity index (χ3v) is 4.76. The number of rotatable bonds is 11. The lowest BCUT2D eigenvalue weighted by molar-refractivity contribution is 0.0634. The van der Waals surface area contributed by atoms with Gasteiger partial charge >= 0.3 is 0 Å². The molecule has 0 fully saturated rings. The van der Waals surface area contributed by atoms with E-state index in [4.69, 9.17) is 14.2 Å². The summed E-state index contributed by atoms with van der Waals surface area (Å²) < 4.78 is 18.1. The van der Waals surface area contributed by atoms with Crippen molar-refractivity contribution in [3.63, 3.8) is 0 Å². The fourth-order valence-corrected chi connectivity index (χ4v) is 3.22. The summed E-state index contributed by atoms with van der Waals surface area (Å²) >= 11 is 0. The highest BCUT2D eigenvalue weighted by Gasteiger charge is 2.13. The summed E-state index contributed by atoms with van der Waals surface area (Å²) in [6, 6.07) is 13.0. The van der Waals surface area contributed by atoms with Gasteiger partial charge in [0.25, 0.3) is 0 Å². The van der Waals surface area contributed by atoms with Gasteiger partial charge in [0, 0.05) is 5.56 Å². The zero-order valence-corrected chi connectivity index (χ0v) is 20.1. The zero-order chi connectivity index (χ0) is 22.3. The summed E-state index contributed by atoms with van der Waals surface area (Å²) in [5.74, 6) is 2.55. The lowest BCUT2D eigenvalue weighted by Gasteiger charge is -2.19. The highest BCUT2D eigenvalue weighted by molar-refractivity contribution is 5.68. The largest absolute Gasteiger partial charge is 0.491 e. The summed E-state index contributed by atoms with van der Waals surface area (Å²) in [7, 11) is 0. The lowest BCUT2D eigenvalue weighted by Crippen LogP contribution is -2.10. The molecule has 2 aromatic rings. The van der Waals surface area contributed by atoms with Crippen molar-refractivity contribution in [3.8, 4) is 22.6 Å². The average molecular weight is 413 g/mol. The second kappa shape index (κ2) is 11.4. The minimum absolute atomic E-state index is 0.108. The van der Waals surface area contributed by atoms with Crippen LogP contribution in [0, 0.1) is 5.92 Å². The molecule has 166 valence electrons. The quantitative estimate of drug-likeness (QED) is 0.384. The average Bonchev–Trinajstić information content (AvgIpc) is 2.64. The van der Waals surface area contributed by atoms with E-state index in [2.05, 4.69) is 91.8 Å². The fourth-order valence-electron chi connectivity index (χ4n) is 3.22. The number of ether oxygens (including phenoxy) is 3. The molecule has 0 aliphatic rings. The van der Waals surface area contributed by atoms with E-state index in [1.165, 1.54) is 5.56 Å². The summed E-state index contributed by atoms with van der Waals surface area (Å²) in [5.41, 5.74) is 4.63. The van der Waals surface area contributed by atoms with Gasteiger partial charge in [-0.2, -0.15) is 0 Å². The van der Waals surface area contributed by atoms with Crippen LogP contribution in [0.1, 0.15) is 72.9 Å². The van der Waals surface area contributed by atoms with Crippen LogP contribution < -0.4 is 9.47 Å². The molecule has 0 saturated heterocycles. The van der Waals surface area contributed by atoms with Crippen molar-refractivity contribution in [2.45, 2.75) is 93.2 Å².